The van der Waals surface area contributed by atoms with E-state index in [0.29, 0.717) is 29.8 Å². The molecule has 1 atom stereocenters. The molecule has 0 bridgehead atoms. The van der Waals surface area contributed by atoms with Crippen LogP contribution in [0.2, 0.25) is 0 Å². The van der Waals surface area contributed by atoms with E-state index in [0.717, 1.165) is 0 Å². The summed E-state index contributed by atoms with van der Waals surface area (Å²) in [4.78, 5) is 15.0. The first-order valence-electron chi connectivity index (χ1n) is 7.42. The van der Waals surface area contributed by atoms with Crippen molar-refractivity contribution >= 4 is 45.5 Å². The van der Waals surface area contributed by atoms with Gasteiger partial charge in [0.15, 0.2) is 5.69 Å². The monoisotopic (exact) mass is 476 g/mol. The van der Waals surface area contributed by atoms with Crippen LogP contribution in [0, 0.1) is 15.5 Å². The highest BCUT2D eigenvalue weighted by atomic mass is 127. The van der Waals surface area contributed by atoms with Crippen molar-refractivity contribution in [2.24, 2.45) is 0 Å². The van der Waals surface area contributed by atoms with Crippen LogP contribution in [0.4, 0.5) is 15.8 Å². The fourth-order valence-electron chi connectivity index (χ4n) is 2.32. The maximum absolute atomic E-state index is 13.9. The van der Waals surface area contributed by atoms with E-state index in [1.165, 1.54) is 16.8 Å². The van der Waals surface area contributed by atoms with Crippen molar-refractivity contribution in [2.75, 3.05) is 11.9 Å². The third kappa shape index (κ3) is 3.95. The molecular weight excluding hydrogens is 461 g/mol. The van der Waals surface area contributed by atoms with E-state index >= 15 is 0 Å². The van der Waals surface area contributed by atoms with Crippen LogP contribution in [-0.4, -0.2) is 37.4 Å². The molecule has 25 heavy (non-hydrogen) atoms. The van der Waals surface area contributed by atoms with Crippen LogP contribution >= 0.6 is 28.4 Å². The molecule has 11 heteroatoms. The first-order valence-corrected chi connectivity index (χ1v) is 11.5. The molecule has 1 unspecified atom stereocenters. The van der Waals surface area contributed by atoms with E-state index in [9.17, 15) is 14.5 Å². The molecule has 2 aromatic heterocycles. The SMILES string of the molecule is CC(=N)c1cnc(-c2nn(PI)cc2[N+](=O)[O-])cc1NCC1(F)CC1. The van der Waals surface area contributed by atoms with Gasteiger partial charge in [0.25, 0.3) is 0 Å². The van der Waals surface area contributed by atoms with Crippen LogP contribution in [0.5, 0.6) is 0 Å². The minimum atomic E-state index is -1.20. The second-order valence-corrected chi connectivity index (χ2v) is 7.97. The Labute approximate surface area is 157 Å². The van der Waals surface area contributed by atoms with E-state index in [1.807, 2.05) is 0 Å². The van der Waals surface area contributed by atoms with Crippen LogP contribution in [0.25, 0.3) is 11.4 Å². The van der Waals surface area contributed by atoms with Gasteiger partial charge in [-0.05, 0) is 47.9 Å². The van der Waals surface area contributed by atoms with Crippen molar-refractivity contribution in [1.29, 1.82) is 5.41 Å². The number of alkyl halides is 1. The summed E-state index contributed by atoms with van der Waals surface area (Å²) < 4.78 is 15.4. The number of rotatable bonds is 7. The topological polar surface area (TPSA) is 110 Å². The zero-order valence-corrected chi connectivity index (χ0v) is 16.4. The number of hydrogen-bond donors (Lipinski definition) is 2. The molecule has 1 fully saturated rings. The molecule has 1 aliphatic carbocycles. The lowest BCUT2D eigenvalue weighted by Gasteiger charge is -2.13. The van der Waals surface area contributed by atoms with Crippen LogP contribution in [0.3, 0.4) is 0 Å². The van der Waals surface area contributed by atoms with E-state index in [1.54, 1.807) is 13.0 Å². The summed E-state index contributed by atoms with van der Waals surface area (Å²) in [7, 11) is 0. The fraction of sp³-hybridized carbons (Fsp3) is 0.357. The zero-order valence-electron chi connectivity index (χ0n) is 13.2. The highest BCUT2D eigenvalue weighted by Gasteiger charge is 2.43. The van der Waals surface area contributed by atoms with Gasteiger partial charge in [-0.2, -0.15) is 5.10 Å². The van der Waals surface area contributed by atoms with Gasteiger partial charge in [0, 0.05) is 29.7 Å². The molecule has 2 aromatic rings. The second-order valence-electron chi connectivity index (χ2n) is 5.89. The third-order valence-electron chi connectivity index (χ3n) is 3.92. The van der Waals surface area contributed by atoms with Crippen molar-refractivity contribution < 1.29 is 9.31 Å². The summed E-state index contributed by atoms with van der Waals surface area (Å²) in [5, 5.41) is 26.4. The molecule has 2 N–H and O–H groups in total. The minimum absolute atomic E-state index is 0.133. The molecule has 0 radical (unpaired) electrons. The summed E-state index contributed by atoms with van der Waals surface area (Å²) in [5.41, 5.74) is 0.481. The Morgan fingerprint density at radius 3 is 2.92 bits per heavy atom. The Morgan fingerprint density at radius 1 is 1.64 bits per heavy atom. The number of hydrogen-bond acceptors (Lipinski definition) is 6. The quantitative estimate of drug-likeness (QED) is 0.207. The Hall–Kier alpha value is -1.68. The van der Waals surface area contributed by atoms with Crippen molar-refractivity contribution in [1.82, 2.24) is 14.5 Å². The van der Waals surface area contributed by atoms with Gasteiger partial charge in [0.1, 0.15) is 11.9 Å². The first-order chi connectivity index (χ1) is 11.8. The lowest BCUT2D eigenvalue weighted by molar-refractivity contribution is -0.384. The Bertz CT molecular complexity index is 854. The average molecular weight is 476 g/mol. The number of nitro groups is 1. The molecule has 0 amide bonds. The third-order valence-corrected chi connectivity index (χ3v) is 5.80. The first kappa shape index (κ1) is 18.1. The predicted octanol–water partition coefficient (Wildman–Crippen LogP) is 3.95. The van der Waals surface area contributed by atoms with Crippen LogP contribution in [0.1, 0.15) is 25.3 Å². The second kappa shape index (κ2) is 6.91. The van der Waals surface area contributed by atoms with E-state index < -0.39 is 10.6 Å². The van der Waals surface area contributed by atoms with Crippen LogP contribution in [0.15, 0.2) is 18.5 Å². The molecule has 2 heterocycles. The predicted molar refractivity (Wildman–Crippen MR) is 104 cm³/mol. The molecule has 1 saturated carbocycles. The smallest absolute Gasteiger partial charge is 0.316 e. The normalized spacial score (nSPS) is 15.5. The van der Waals surface area contributed by atoms with Gasteiger partial charge in [0.05, 0.1) is 17.0 Å². The molecule has 132 valence electrons. The maximum atomic E-state index is 13.9. The number of nitrogens with zero attached hydrogens (tertiary/aromatic N) is 4. The molecular formula is C14H15FIN6O2P. The van der Waals surface area contributed by atoms with E-state index in [4.69, 9.17) is 5.41 Å². The number of nitrogens with one attached hydrogen (secondary N) is 2. The number of pyridine rings is 1. The Kier molecular flexibility index (Phi) is 5.01. The standard InChI is InChI=1S/C14H15FIN6O2P/c1-8(17)9-5-18-11(4-10(9)19-7-14(15)2-3-14)13-12(22(23)24)6-21(20-13)25-16/h4-6,17,25H,2-3,7H2,1H3,(H,18,19). The van der Waals surface area contributed by atoms with Crippen molar-refractivity contribution in [3.8, 4) is 11.4 Å². The van der Waals surface area contributed by atoms with Gasteiger partial charge < -0.3 is 10.7 Å². The van der Waals surface area contributed by atoms with Crippen LogP contribution < -0.4 is 5.32 Å². The van der Waals surface area contributed by atoms with Gasteiger partial charge in [-0.25, -0.2) is 8.84 Å². The fourth-order valence-corrected chi connectivity index (χ4v) is 3.37. The average Bonchev–Trinajstić information content (AvgIpc) is 3.15. The van der Waals surface area contributed by atoms with Crippen molar-refractivity contribution in [3.05, 3.63) is 34.1 Å². The van der Waals surface area contributed by atoms with Crippen LogP contribution in [-0.2, 0) is 0 Å². The molecule has 0 aliphatic heterocycles. The van der Waals surface area contributed by atoms with E-state index in [2.05, 4.69) is 37.4 Å². The Morgan fingerprint density at radius 2 is 2.36 bits per heavy atom. The molecule has 0 saturated heterocycles. The molecule has 8 nitrogen and oxygen atoms in total. The lowest BCUT2D eigenvalue weighted by atomic mass is 10.1. The van der Waals surface area contributed by atoms with Gasteiger partial charge >= 0.3 is 5.69 Å². The number of anilines is 1. The molecule has 0 spiro atoms. The molecule has 0 aromatic carbocycles. The van der Waals surface area contributed by atoms with Gasteiger partial charge in [-0.3, -0.25) is 15.1 Å². The van der Waals surface area contributed by atoms with Crippen molar-refractivity contribution in [2.45, 2.75) is 25.4 Å². The zero-order chi connectivity index (χ0) is 18.2. The maximum Gasteiger partial charge on any atom is 0.316 e. The largest absolute Gasteiger partial charge is 0.381 e. The van der Waals surface area contributed by atoms with Crippen molar-refractivity contribution in [3.63, 3.8) is 0 Å². The summed E-state index contributed by atoms with van der Waals surface area (Å²) in [6.45, 7) is 1.75. The molecule has 3 rings (SSSR count). The summed E-state index contributed by atoms with van der Waals surface area (Å²) >= 11 is 2.08. The lowest BCUT2D eigenvalue weighted by Crippen LogP contribution is -2.17. The van der Waals surface area contributed by atoms with Gasteiger partial charge in [-0.15, -0.1) is 0 Å². The minimum Gasteiger partial charge on any atom is -0.381 e. The number of aromatic nitrogens is 3. The molecule has 1 aliphatic rings. The van der Waals surface area contributed by atoms with Gasteiger partial charge in [0.2, 0.25) is 0 Å². The highest BCUT2D eigenvalue weighted by Crippen LogP contribution is 2.40. The highest BCUT2D eigenvalue weighted by molar-refractivity contribution is 14.2. The summed E-state index contributed by atoms with van der Waals surface area (Å²) in [6, 6.07) is 1.59. The van der Waals surface area contributed by atoms with E-state index in [-0.39, 0.29) is 30.0 Å². The summed E-state index contributed by atoms with van der Waals surface area (Å²) in [5.74, 6) is 0. The van der Waals surface area contributed by atoms with Gasteiger partial charge in [-0.1, -0.05) is 0 Å². The Balaban J connectivity index is 2.01. The number of halogens is 2. The summed E-state index contributed by atoms with van der Waals surface area (Å²) in [6.07, 6.45) is 4.09.